The maximum absolute atomic E-state index is 5.73. The Bertz CT molecular complexity index is 273. The van der Waals surface area contributed by atoms with Crippen LogP contribution in [-0.4, -0.2) is 20.6 Å². The number of hydrogen-bond donors (Lipinski definition) is 1. The van der Waals surface area contributed by atoms with Gasteiger partial charge in [-0.25, -0.2) is 4.98 Å². The fraction of sp³-hybridized carbons (Fsp3) is 0.778. The lowest BCUT2D eigenvalue weighted by Gasteiger charge is -2.10. The first kappa shape index (κ1) is 11.9. The highest BCUT2D eigenvalue weighted by atomic mass is 32.2. The topological polar surface area (TPSA) is 51.8 Å². The van der Waals surface area contributed by atoms with Crippen LogP contribution in [0.1, 0.15) is 33.0 Å². The van der Waals surface area contributed by atoms with Gasteiger partial charge in [-0.15, -0.1) is 0 Å². The van der Waals surface area contributed by atoms with Crippen LogP contribution in [0.3, 0.4) is 0 Å². The fourth-order valence-electron chi connectivity index (χ4n) is 1.17. The molecule has 0 saturated heterocycles. The van der Waals surface area contributed by atoms with Gasteiger partial charge in [-0.1, -0.05) is 25.6 Å². The molecule has 0 aliphatic rings. The van der Waals surface area contributed by atoms with Gasteiger partial charge in [-0.3, -0.25) is 0 Å². The Hall–Kier alpha value is -0.130. The molecule has 1 heterocycles. The standard InChI is InChI=1S/C9H17N3S2/c1-4-8-11-9(14-12-8)13-7(3)5-6(2)10/h6-7H,4-5,10H2,1-3H3. The third-order valence-corrected chi connectivity index (χ3v) is 3.72. The van der Waals surface area contributed by atoms with Gasteiger partial charge in [0.05, 0.1) is 0 Å². The summed E-state index contributed by atoms with van der Waals surface area (Å²) in [6.07, 6.45) is 1.93. The van der Waals surface area contributed by atoms with E-state index < -0.39 is 0 Å². The molecule has 0 radical (unpaired) electrons. The molecule has 5 heteroatoms. The normalized spacial score (nSPS) is 15.4. The molecule has 2 N–H and O–H groups in total. The maximum atomic E-state index is 5.73. The molecule has 1 aromatic rings. The summed E-state index contributed by atoms with van der Waals surface area (Å²) in [5.41, 5.74) is 5.73. The van der Waals surface area contributed by atoms with Crippen LogP contribution in [0.15, 0.2) is 4.34 Å². The van der Waals surface area contributed by atoms with Crippen LogP contribution in [0.25, 0.3) is 0 Å². The lowest BCUT2D eigenvalue weighted by atomic mass is 10.2. The molecule has 2 unspecified atom stereocenters. The second kappa shape index (κ2) is 5.68. The minimum absolute atomic E-state index is 0.260. The molecule has 1 rings (SSSR count). The van der Waals surface area contributed by atoms with E-state index in [0.717, 1.165) is 23.0 Å². The summed E-state index contributed by atoms with van der Waals surface area (Å²) in [6.45, 7) is 6.29. The second-order valence-corrected chi connectivity index (χ2v) is 5.91. The van der Waals surface area contributed by atoms with Gasteiger partial charge < -0.3 is 5.73 Å². The minimum Gasteiger partial charge on any atom is -0.328 e. The SMILES string of the molecule is CCc1nsc(SC(C)CC(C)N)n1. The number of rotatable bonds is 5. The van der Waals surface area contributed by atoms with Crippen molar-refractivity contribution in [2.75, 3.05) is 0 Å². The van der Waals surface area contributed by atoms with Crippen molar-refractivity contribution in [1.82, 2.24) is 9.36 Å². The number of aryl methyl sites for hydroxylation is 1. The van der Waals surface area contributed by atoms with Gasteiger partial charge in [0.2, 0.25) is 0 Å². The Labute approximate surface area is 93.7 Å². The molecular formula is C9H17N3S2. The van der Waals surface area contributed by atoms with Crippen LogP contribution >= 0.6 is 23.3 Å². The van der Waals surface area contributed by atoms with E-state index in [4.69, 9.17) is 5.73 Å². The van der Waals surface area contributed by atoms with E-state index in [1.807, 2.05) is 6.92 Å². The van der Waals surface area contributed by atoms with E-state index in [0.29, 0.717) is 5.25 Å². The third kappa shape index (κ3) is 3.94. The predicted molar refractivity (Wildman–Crippen MR) is 62.9 cm³/mol. The molecule has 1 aromatic heterocycles. The van der Waals surface area contributed by atoms with Crippen LogP contribution in [-0.2, 0) is 6.42 Å². The van der Waals surface area contributed by atoms with Gasteiger partial charge in [0.1, 0.15) is 5.82 Å². The summed E-state index contributed by atoms with van der Waals surface area (Å²) in [6, 6.07) is 0.260. The highest BCUT2D eigenvalue weighted by molar-refractivity contribution is 8.01. The molecule has 0 aliphatic heterocycles. The molecule has 0 aliphatic carbocycles. The van der Waals surface area contributed by atoms with Gasteiger partial charge in [0.15, 0.2) is 4.34 Å². The molecule has 3 nitrogen and oxygen atoms in total. The van der Waals surface area contributed by atoms with E-state index in [1.165, 1.54) is 11.5 Å². The molecule has 0 spiro atoms. The Morgan fingerprint density at radius 1 is 1.50 bits per heavy atom. The summed E-state index contributed by atoms with van der Waals surface area (Å²) in [7, 11) is 0. The van der Waals surface area contributed by atoms with Crippen molar-refractivity contribution >= 4 is 23.3 Å². The number of nitrogens with two attached hydrogens (primary N) is 1. The number of hydrogen-bond acceptors (Lipinski definition) is 5. The molecule has 0 saturated carbocycles. The van der Waals surface area contributed by atoms with Crippen molar-refractivity contribution in [3.05, 3.63) is 5.82 Å². The molecule has 14 heavy (non-hydrogen) atoms. The molecule has 0 bridgehead atoms. The van der Waals surface area contributed by atoms with E-state index in [-0.39, 0.29) is 6.04 Å². The molecule has 0 aromatic carbocycles. The van der Waals surface area contributed by atoms with E-state index in [1.54, 1.807) is 11.8 Å². The number of thioether (sulfide) groups is 1. The van der Waals surface area contributed by atoms with Crippen LogP contribution in [0.5, 0.6) is 0 Å². The van der Waals surface area contributed by atoms with E-state index in [2.05, 4.69) is 23.2 Å². The summed E-state index contributed by atoms with van der Waals surface area (Å²) >= 11 is 3.26. The zero-order valence-electron chi connectivity index (χ0n) is 8.86. The number of nitrogens with zero attached hydrogens (tertiary/aromatic N) is 2. The first-order chi connectivity index (χ1) is 6.61. The van der Waals surface area contributed by atoms with Gasteiger partial charge in [-0.2, -0.15) is 4.37 Å². The van der Waals surface area contributed by atoms with Crippen molar-refractivity contribution in [3.8, 4) is 0 Å². The molecule has 0 fully saturated rings. The van der Waals surface area contributed by atoms with Crippen LogP contribution in [0.2, 0.25) is 0 Å². The zero-order valence-corrected chi connectivity index (χ0v) is 10.5. The third-order valence-electron chi connectivity index (χ3n) is 1.77. The van der Waals surface area contributed by atoms with Crippen molar-refractivity contribution in [1.29, 1.82) is 0 Å². The van der Waals surface area contributed by atoms with Gasteiger partial charge in [0, 0.05) is 17.7 Å². The number of aromatic nitrogens is 2. The fourth-order valence-corrected chi connectivity index (χ4v) is 3.35. The Morgan fingerprint density at radius 2 is 2.21 bits per heavy atom. The van der Waals surface area contributed by atoms with Gasteiger partial charge >= 0.3 is 0 Å². The largest absolute Gasteiger partial charge is 0.328 e. The second-order valence-electron chi connectivity index (χ2n) is 3.47. The smallest absolute Gasteiger partial charge is 0.170 e. The molecule has 80 valence electrons. The van der Waals surface area contributed by atoms with Crippen molar-refractivity contribution in [2.24, 2.45) is 5.73 Å². The van der Waals surface area contributed by atoms with Crippen molar-refractivity contribution in [3.63, 3.8) is 0 Å². The minimum atomic E-state index is 0.260. The zero-order chi connectivity index (χ0) is 10.6. The Morgan fingerprint density at radius 3 is 2.71 bits per heavy atom. The van der Waals surface area contributed by atoms with E-state index >= 15 is 0 Å². The summed E-state index contributed by atoms with van der Waals surface area (Å²) in [5.74, 6) is 0.950. The Kier molecular flexibility index (Phi) is 4.84. The van der Waals surface area contributed by atoms with Crippen molar-refractivity contribution in [2.45, 2.75) is 49.2 Å². The summed E-state index contributed by atoms with van der Waals surface area (Å²) in [5, 5.41) is 0.521. The van der Waals surface area contributed by atoms with Crippen LogP contribution in [0, 0.1) is 0 Å². The van der Waals surface area contributed by atoms with Crippen molar-refractivity contribution < 1.29 is 0 Å². The highest BCUT2D eigenvalue weighted by Gasteiger charge is 2.10. The average molecular weight is 231 g/mol. The maximum Gasteiger partial charge on any atom is 0.170 e. The molecule has 0 amide bonds. The quantitative estimate of drug-likeness (QED) is 0.790. The highest BCUT2D eigenvalue weighted by Crippen LogP contribution is 2.27. The van der Waals surface area contributed by atoms with Gasteiger partial charge in [-0.05, 0) is 24.9 Å². The first-order valence-corrected chi connectivity index (χ1v) is 6.52. The first-order valence-electron chi connectivity index (χ1n) is 4.86. The van der Waals surface area contributed by atoms with E-state index in [9.17, 15) is 0 Å². The lowest BCUT2D eigenvalue weighted by Crippen LogP contribution is -2.19. The average Bonchev–Trinajstić information content (AvgIpc) is 2.50. The molecule has 2 atom stereocenters. The predicted octanol–water partition coefficient (Wildman–Crippen LogP) is 2.32. The summed E-state index contributed by atoms with van der Waals surface area (Å²) < 4.78 is 5.31. The van der Waals surface area contributed by atoms with Crippen LogP contribution < -0.4 is 5.73 Å². The Balaban J connectivity index is 2.43. The summed E-state index contributed by atoms with van der Waals surface area (Å²) in [4.78, 5) is 4.41. The monoisotopic (exact) mass is 231 g/mol. The van der Waals surface area contributed by atoms with Gasteiger partial charge in [0.25, 0.3) is 0 Å². The van der Waals surface area contributed by atoms with Crippen LogP contribution in [0.4, 0.5) is 0 Å². The molecular weight excluding hydrogens is 214 g/mol. The lowest BCUT2D eigenvalue weighted by molar-refractivity contribution is 0.663.